The van der Waals surface area contributed by atoms with Crippen LogP contribution in [0.15, 0.2) is 103 Å². The van der Waals surface area contributed by atoms with Gasteiger partial charge >= 0.3 is 0 Å². The first-order valence-corrected chi connectivity index (χ1v) is 18.2. The number of aldehydes is 1. The van der Waals surface area contributed by atoms with E-state index in [4.69, 9.17) is 37.4 Å². The van der Waals surface area contributed by atoms with Crippen LogP contribution in [-0.4, -0.2) is 53.9 Å². The molecule has 7 nitrogen and oxygen atoms in total. The Morgan fingerprint density at radius 3 is 2.29 bits per heavy atom. The lowest BCUT2D eigenvalue weighted by Gasteiger charge is -2.37. The Hall–Kier alpha value is -4.82. The molecule has 9 heteroatoms. The Bertz CT molecular complexity index is 1980. The van der Waals surface area contributed by atoms with Gasteiger partial charge in [-0.2, -0.15) is 0 Å². The number of aromatic nitrogens is 1. The lowest BCUT2D eigenvalue weighted by molar-refractivity contribution is -0.104. The molecule has 0 N–H and O–H groups in total. The Kier molecular flexibility index (Phi) is 12.5. The summed E-state index contributed by atoms with van der Waals surface area (Å²) in [6.07, 6.45) is 4.92. The van der Waals surface area contributed by atoms with E-state index in [9.17, 15) is 4.79 Å². The summed E-state index contributed by atoms with van der Waals surface area (Å²) >= 11 is 13.0. The summed E-state index contributed by atoms with van der Waals surface area (Å²) in [7, 11) is 0. The van der Waals surface area contributed by atoms with Crippen molar-refractivity contribution in [3.05, 3.63) is 152 Å². The third-order valence-corrected chi connectivity index (χ3v) is 10.0. The number of carbonyl (C=O) groups excluding carboxylic acids is 1. The van der Waals surface area contributed by atoms with Crippen LogP contribution in [0.25, 0.3) is 5.70 Å². The molecular formula is C43H43Cl2N3O4. The van der Waals surface area contributed by atoms with Gasteiger partial charge in [-0.15, -0.1) is 0 Å². The van der Waals surface area contributed by atoms with E-state index in [-0.39, 0.29) is 0 Å². The van der Waals surface area contributed by atoms with Gasteiger partial charge < -0.3 is 19.1 Å². The molecule has 5 aromatic rings. The van der Waals surface area contributed by atoms with Gasteiger partial charge in [-0.05, 0) is 84.5 Å². The fraction of sp³-hybridized carbons (Fsp3) is 0.256. The summed E-state index contributed by atoms with van der Waals surface area (Å²) in [6.45, 7) is 11.3. The number of nitrogens with zero attached hydrogens (tertiary/aromatic N) is 3. The van der Waals surface area contributed by atoms with Crippen LogP contribution < -0.4 is 14.2 Å². The number of hydrogen-bond acceptors (Lipinski definition) is 7. The van der Waals surface area contributed by atoms with Crippen molar-refractivity contribution >= 4 is 35.2 Å². The van der Waals surface area contributed by atoms with Gasteiger partial charge in [0.1, 0.15) is 24.4 Å². The first-order chi connectivity index (χ1) is 25.3. The number of halogens is 2. The number of benzene rings is 4. The fourth-order valence-electron chi connectivity index (χ4n) is 6.23. The molecule has 1 aliphatic heterocycles. The summed E-state index contributed by atoms with van der Waals surface area (Å²) in [4.78, 5) is 20.9. The van der Waals surface area contributed by atoms with E-state index < -0.39 is 0 Å². The third kappa shape index (κ3) is 9.53. The zero-order valence-electron chi connectivity index (χ0n) is 29.8. The molecule has 4 aromatic carbocycles. The van der Waals surface area contributed by atoms with E-state index in [0.717, 1.165) is 73.6 Å². The minimum absolute atomic E-state index is 0.333. The largest absolute Gasteiger partial charge is 0.493 e. The van der Waals surface area contributed by atoms with Crippen LogP contribution in [0.1, 0.15) is 38.9 Å². The zero-order valence-corrected chi connectivity index (χ0v) is 31.3. The first kappa shape index (κ1) is 37.0. The highest BCUT2D eigenvalue weighted by Crippen LogP contribution is 2.36. The van der Waals surface area contributed by atoms with Crippen molar-refractivity contribution < 1.29 is 19.0 Å². The molecule has 0 amide bonds. The van der Waals surface area contributed by atoms with Crippen molar-refractivity contribution in [1.82, 2.24) is 14.8 Å². The van der Waals surface area contributed by atoms with Crippen LogP contribution in [0.3, 0.4) is 0 Å². The van der Waals surface area contributed by atoms with Crippen molar-refractivity contribution in [2.45, 2.75) is 40.3 Å². The van der Waals surface area contributed by atoms with Crippen molar-refractivity contribution in [1.29, 1.82) is 0 Å². The molecule has 268 valence electrons. The normalized spacial score (nSPS) is 13.6. The molecule has 1 saturated heterocycles. The van der Waals surface area contributed by atoms with E-state index in [1.54, 1.807) is 24.4 Å². The zero-order chi connectivity index (χ0) is 36.5. The average Bonchev–Trinajstić information content (AvgIpc) is 3.15. The molecule has 52 heavy (non-hydrogen) atoms. The second-order valence-corrected chi connectivity index (χ2v) is 13.8. The fourth-order valence-corrected chi connectivity index (χ4v) is 6.72. The Morgan fingerprint density at radius 1 is 0.808 bits per heavy atom. The topological polar surface area (TPSA) is 64.1 Å². The van der Waals surface area contributed by atoms with Crippen LogP contribution in [0, 0.1) is 20.8 Å². The van der Waals surface area contributed by atoms with E-state index in [1.807, 2.05) is 55.5 Å². The SMILES string of the molecule is Cc1cccc(OCCc2ccc(CN3CCN(/C(=C/C=O)c4cc(C)c(Oc5ccc(OCc6ccccc6Cl)cn5)c(Cl)c4)CC3)cc2)c1C. The van der Waals surface area contributed by atoms with Gasteiger partial charge in [0.15, 0.2) is 5.75 Å². The molecule has 2 heterocycles. The van der Waals surface area contributed by atoms with Gasteiger partial charge in [0.25, 0.3) is 0 Å². The Morgan fingerprint density at radius 2 is 1.58 bits per heavy atom. The van der Waals surface area contributed by atoms with Gasteiger partial charge in [-0.25, -0.2) is 4.98 Å². The minimum atomic E-state index is 0.333. The lowest BCUT2D eigenvalue weighted by Crippen LogP contribution is -2.45. The van der Waals surface area contributed by atoms with E-state index in [2.05, 4.69) is 59.0 Å². The minimum Gasteiger partial charge on any atom is -0.493 e. The Balaban J connectivity index is 1.01. The molecule has 0 atom stereocenters. The molecule has 0 unspecified atom stereocenters. The van der Waals surface area contributed by atoms with Gasteiger partial charge in [0, 0.05) is 67.6 Å². The molecule has 1 aliphatic rings. The second kappa shape index (κ2) is 17.6. The highest BCUT2D eigenvalue weighted by Gasteiger charge is 2.22. The standard InChI is InChI=1S/C43H43Cl2N3O4/c1-30-7-6-10-41(32(30)3)50-24-18-33-11-13-34(14-12-33)28-47-19-21-48(22-20-47)40(17-23-49)36-25-31(2)43(39(45)26-36)52-42-16-15-37(27-46-42)51-29-35-8-4-5-9-38(35)44/h4-17,23,25-27H,18-22,24,28-29H2,1-3H3/b40-17+. The summed E-state index contributed by atoms with van der Waals surface area (Å²) in [5, 5.41) is 1.09. The lowest BCUT2D eigenvalue weighted by atomic mass is 10.1. The molecule has 0 bridgehead atoms. The average molecular weight is 737 g/mol. The van der Waals surface area contributed by atoms with Crippen molar-refractivity contribution in [3.63, 3.8) is 0 Å². The molecule has 0 aliphatic carbocycles. The number of rotatable bonds is 14. The molecule has 0 spiro atoms. The smallest absolute Gasteiger partial charge is 0.219 e. The molecule has 6 rings (SSSR count). The maximum Gasteiger partial charge on any atom is 0.219 e. The quantitative estimate of drug-likeness (QED) is 0.0831. The maximum atomic E-state index is 11.8. The van der Waals surface area contributed by atoms with Crippen LogP contribution >= 0.6 is 23.2 Å². The van der Waals surface area contributed by atoms with Crippen LogP contribution in [0.2, 0.25) is 10.0 Å². The second-order valence-electron chi connectivity index (χ2n) is 13.0. The van der Waals surface area contributed by atoms with Crippen LogP contribution in [0.5, 0.6) is 23.1 Å². The number of piperazine rings is 1. The van der Waals surface area contributed by atoms with E-state index in [1.165, 1.54) is 22.3 Å². The number of allylic oxidation sites excluding steroid dienone is 1. The van der Waals surface area contributed by atoms with E-state index in [0.29, 0.717) is 40.6 Å². The maximum absolute atomic E-state index is 11.8. The third-order valence-electron chi connectivity index (χ3n) is 9.36. The Labute approximate surface area is 316 Å². The number of aryl methyl sites for hydroxylation is 2. The number of carbonyl (C=O) groups is 1. The highest BCUT2D eigenvalue weighted by atomic mass is 35.5. The van der Waals surface area contributed by atoms with Crippen LogP contribution in [-0.2, 0) is 24.4 Å². The highest BCUT2D eigenvalue weighted by molar-refractivity contribution is 6.32. The van der Waals surface area contributed by atoms with Crippen molar-refractivity contribution in [2.24, 2.45) is 0 Å². The first-order valence-electron chi connectivity index (χ1n) is 17.5. The monoisotopic (exact) mass is 735 g/mol. The van der Waals surface area contributed by atoms with Gasteiger partial charge in [0.05, 0.1) is 17.8 Å². The van der Waals surface area contributed by atoms with Crippen molar-refractivity contribution in [3.8, 4) is 23.1 Å². The molecule has 1 aromatic heterocycles. The predicted molar refractivity (Wildman–Crippen MR) is 209 cm³/mol. The van der Waals surface area contributed by atoms with Gasteiger partial charge in [-0.3, -0.25) is 9.69 Å². The summed E-state index contributed by atoms with van der Waals surface area (Å²) in [6, 6.07) is 29.9. The van der Waals surface area contributed by atoms with Crippen molar-refractivity contribution in [2.75, 3.05) is 32.8 Å². The van der Waals surface area contributed by atoms with E-state index >= 15 is 0 Å². The molecule has 0 radical (unpaired) electrons. The summed E-state index contributed by atoms with van der Waals surface area (Å²) in [5.41, 5.74) is 8.42. The summed E-state index contributed by atoms with van der Waals surface area (Å²) in [5.74, 6) is 2.45. The van der Waals surface area contributed by atoms with Gasteiger partial charge in [0.2, 0.25) is 5.88 Å². The number of ether oxygens (including phenoxy) is 3. The molecule has 1 fully saturated rings. The van der Waals surface area contributed by atoms with Crippen LogP contribution in [0.4, 0.5) is 0 Å². The molecular weight excluding hydrogens is 693 g/mol. The number of hydrogen-bond donors (Lipinski definition) is 0. The van der Waals surface area contributed by atoms with Gasteiger partial charge in [-0.1, -0.05) is 77.8 Å². The number of pyridine rings is 1. The summed E-state index contributed by atoms with van der Waals surface area (Å²) < 4.78 is 18.0. The predicted octanol–water partition coefficient (Wildman–Crippen LogP) is 9.66. The molecule has 0 saturated carbocycles.